The van der Waals surface area contributed by atoms with Crippen LogP contribution in [-0.4, -0.2) is 23.2 Å². The highest BCUT2D eigenvalue weighted by atomic mass is 79.9. The highest BCUT2D eigenvalue weighted by Gasteiger charge is 2.28. The Hall–Kier alpha value is -1.32. The van der Waals surface area contributed by atoms with E-state index in [1.165, 1.54) is 12.4 Å². The highest BCUT2D eigenvalue weighted by molar-refractivity contribution is 9.10. The number of halogens is 2. The summed E-state index contributed by atoms with van der Waals surface area (Å²) < 4.78 is 42.5. The molecule has 2 aromatic rings. The summed E-state index contributed by atoms with van der Waals surface area (Å²) in [6, 6.07) is 3.04. The molecule has 0 spiro atoms. The van der Waals surface area contributed by atoms with E-state index < -0.39 is 21.9 Å². The van der Waals surface area contributed by atoms with Crippen molar-refractivity contribution in [2.24, 2.45) is 0 Å². The molecule has 112 valence electrons. The number of fused-ring (bicyclic) bond motifs is 1. The molecule has 0 radical (unpaired) electrons. The van der Waals surface area contributed by atoms with E-state index >= 15 is 0 Å². The molecule has 6 nitrogen and oxygen atoms in total. The molecular weight excluding hydrogens is 363 g/mol. The largest absolute Gasteiger partial charge is 0.248 e. The van der Waals surface area contributed by atoms with Crippen LogP contribution in [0, 0.1) is 5.82 Å². The first-order valence-corrected chi connectivity index (χ1v) is 8.60. The van der Waals surface area contributed by atoms with Gasteiger partial charge in [-0.2, -0.15) is 5.10 Å². The predicted molar refractivity (Wildman–Crippen MR) is 76.4 cm³/mol. The summed E-state index contributed by atoms with van der Waals surface area (Å²) in [7, 11) is -3.77. The third kappa shape index (κ3) is 2.85. The van der Waals surface area contributed by atoms with Crippen molar-refractivity contribution in [3.8, 4) is 0 Å². The summed E-state index contributed by atoms with van der Waals surface area (Å²) >= 11 is 3.08. The van der Waals surface area contributed by atoms with E-state index in [9.17, 15) is 12.8 Å². The molecule has 1 aromatic carbocycles. The van der Waals surface area contributed by atoms with Gasteiger partial charge in [0.25, 0.3) is 0 Å². The van der Waals surface area contributed by atoms with E-state index in [1.54, 1.807) is 4.68 Å². The maximum absolute atomic E-state index is 13.1. The lowest BCUT2D eigenvalue weighted by Crippen LogP contribution is -2.33. The second-order valence-corrected chi connectivity index (χ2v) is 7.27. The van der Waals surface area contributed by atoms with Crippen LogP contribution in [0.5, 0.6) is 0 Å². The van der Waals surface area contributed by atoms with Gasteiger partial charge in [0, 0.05) is 11.0 Å². The lowest BCUT2D eigenvalue weighted by molar-refractivity contribution is 0.400. The van der Waals surface area contributed by atoms with Crippen LogP contribution in [0.15, 0.2) is 33.9 Å². The minimum absolute atomic E-state index is 0.000499. The van der Waals surface area contributed by atoms with Gasteiger partial charge in [-0.15, -0.1) is 0 Å². The third-order valence-corrected chi connectivity index (χ3v) is 5.75. The number of nitrogens with zero attached hydrogens (tertiary/aromatic N) is 3. The summed E-state index contributed by atoms with van der Waals surface area (Å²) in [5, 5.41) is 4.05. The lowest BCUT2D eigenvalue weighted by atomic mass is 10.1. The molecule has 1 atom stereocenters. The molecule has 0 aliphatic carbocycles. The fourth-order valence-electron chi connectivity index (χ4n) is 2.35. The standard InChI is InChI=1S/C12H12BrFN4O2S/c13-9-6-8(14)3-4-11(9)21(19,20)17-10-2-1-5-18-12(10)15-7-16-18/h3-4,6-7,10,17H,1-2,5H2/t10-/m0/s1. The quantitative estimate of drug-likeness (QED) is 0.890. The number of hydrogen-bond donors (Lipinski definition) is 1. The van der Waals surface area contributed by atoms with Crippen LogP contribution in [0.2, 0.25) is 0 Å². The van der Waals surface area contributed by atoms with Crippen molar-refractivity contribution in [3.63, 3.8) is 0 Å². The molecule has 3 rings (SSSR count). The Balaban J connectivity index is 1.91. The van der Waals surface area contributed by atoms with Gasteiger partial charge in [0.05, 0.1) is 10.9 Å². The molecular formula is C12H12BrFN4O2S. The molecule has 0 amide bonds. The zero-order valence-electron chi connectivity index (χ0n) is 10.8. The Labute approximate surface area is 129 Å². The van der Waals surface area contributed by atoms with Crippen molar-refractivity contribution < 1.29 is 12.8 Å². The number of sulfonamides is 1. The summed E-state index contributed by atoms with van der Waals surface area (Å²) in [5.41, 5.74) is 0. The Kier molecular flexibility index (Phi) is 3.80. The van der Waals surface area contributed by atoms with Crippen LogP contribution in [-0.2, 0) is 16.6 Å². The highest BCUT2D eigenvalue weighted by Crippen LogP contribution is 2.27. The van der Waals surface area contributed by atoms with Gasteiger partial charge in [0.2, 0.25) is 10.0 Å². The summed E-state index contributed by atoms with van der Waals surface area (Å²) in [5.74, 6) is 0.0984. The van der Waals surface area contributed by atoms with Crippen molar-refractivity contribution in [2.45, 2.75) is 30.3 Å². The van der Waals surface area contributed by atoms with Crippen LogP contribution < -0.4 is 4.72 Å². The monoisotopic (exact) mass is 374 g/mol. The molecule has 21 heavy (non-hydrogen) atoms. The van der Waals surface area contributed by atoms with Crippen LogP contribution in [0.4, 0.5) is 4.39 Å². The predicted octanol–water partition coefficient (Wildman–Crippen LogP) is 1.99. The number of benzene rings is 1. The minimum atomic E-state index is -3.77. The van der Waals surface area contributed by atoms with Gasteiger partial charge in [-0.25, -0.2) is 27.2 Å². The van der Waals surface area contributed by atoms with Gasteiger partial charge in [-0.1, -0.05) is 0 Å². The molecule has 1 N–H and O–H groups in total. The summed E-state index contributed by atoms with van der Waals surface area (Å²) in [6.45, 7) is 0.730. The van der Waals surface area contributed by atoms with E-state index in [2.05, 4.69) is 30.7 Å². The molecule has 0 saturated carbocycles. The van der Waals surface area contributed by atoms with E-state index in [4.69, 9.17) is 0 Å². The van der Waals surface area contributed by atoms with Gasteiger partial charge < -0.3 is 0 Å². The fourth-order valence-corrected chi connectivity index (χ4v) is 4.62. The number of nitrogens with one attached hydrogen (secondary N) is 1. The van der Waals surface area contributed by atoms with Crippen molar-refractivity contribution in [1.82, 2.24) is 19.5 Å². The molecule has 1 aromatic heterocycles. The van der Waals surface area contributed by atoms with E-state index in [0.717, 1.165) is 25.1 Å². The molecule has 0 fully saturated rings. The van der Waals surface area contributed by atoms with Crippen molar-refractivity contribution >= 4 is 26.0 Å². The average Bonchev–Trinajstić information content (AvgIpc) is 2.87. The first-order chi connectivity index (χ1) is 9.97. The second-order valence-electron chi connectivity index (χ2n) is 4.73. The maximum atomic E-state index is 13.1. The summed E-state index contributed by atoms with van der Waals surface area (Å²) in [4.78, 5) is 4.11. The molecule has 0 unspecified atom stereocenters. The molecule has 0 saturated heterocycles. The Morgan fingerprint density at radius 1 is 1.43 bits per heavy atom. The minimum Gasteiger partial charge on any atom is -0.248 e. The molecule has 9 heteroatoms. The van der Waals surface area contributed by atoms with Crippen molar-refractivity contribution in [1.29, 1.82) is 0 Å². The lowest BCUT2D eigenvalue weighted by Gasteiger charge is -2.23. The second kappa shape index (κ2) is 5.47. The zero-order chi connectivity index (χ0) is 15.0. The fraction of sp³-hybridized carbons (Fsp3) is 0.333. The van der Waals surface area contributed by atoms with Gasteiger partial charge in [0.1, 0.15) is 18.0 Å². The molecule has 0 bridgehead atoms. The Morgan fingerprint density at radius 3 is 3.00 bits per heavy atom. The average molecular weight is 375 g/mol. The Bertz CT molecular complexity index is 777. The normalized spacial score (nSPS) is 18.5. The molecule has 1 aliphatic rings. The number of rotatable bonds is 3. The zero-order valence-corrected chi connectivity index (χ0v) is 13.2. The van der Waals surface area contributed by atoms with Gasteiger partial charge in [0.15, 0.2) is 0 Å². The maximum Gasteiger partial charge on any atom is 0.242 e. The number of hydrogen-bond acceptors (Lipinski definition) is 4. The van der Waals surface area contributed by atoms with Crippen LogP contribution in [0.1, 0.15) is 24.7 Å². The van der Waals surface area contributed by atoms with Crippen molar-refractivity contribution in [3.05, 3.63) is 40.6 Å². The molecule has 2 heterocycles. The first-order valence-electron chi connectivity index (χ1n) is 6.32. The summed E-state index contributed by atoms with van der Waals surface area (Å²) in [6.07, 6.45) is 2.88. The Morgan fingerprint density at radius 2 is 2.24 bits per heavy atom. The smallest absolute Gasteiger partial charge is 0.242 e. The topological polar surface area (TPSA) is 76.9 Å². The van der Waals surface area contributed by atoms with Gasteiger partial charge >= 0.3 is 0 Å². The number of aryl methyl sites for hydroxylation is 1. The van der Waals surface area contributed by atoms with E-state index in [-0.39, 0.29) is 9.37 Å². The first kappa shape index (κ1) is 14.6. The van der Waals surface area contributed by atoms with E-state index in [0.29, 0.717) is 12.2 Å². The molecule has 1 aliphatic heterocycles. The number of aromatic nitrogens is 3. The van der Waals surface area contributed by atoms with Gasteiger partial charge in [-0.3, -0.25) is 0 Å². The van der Waals surface area contributed by atoms with Crippen LogP contribution >= 0.6 is 15.9 Å². The van der Waals surface area contributed by atoms with Gasteiger partial charge in [-0.05, 0) is 47.0 Å². The van der Waals surface area contributed by atoms with Crippen molar-refractivity contribution in [2.75, 3.05) is 0 Å². The van der Waals surface area contributed by atoms with E-state index in [1.807, 2.05) is 0 Å². The SMILES string of the molecule is O=S(=O)(N[C@H]1CCCn2ncnc21)c1ccc(F)cc1Br. The third-order valence-electron chi connectivity index (χ3n) is 3.30. The van der Waals surface area contributed by atoms with Crippen LogP contribution in [0.25, 0.3) is 0 Å². The van der Waals surface area contributed by atoms with Crippen LogP contribution in [0.3, 0.4) is 0 Å².